The standard InChI is InChI=1S/C30H37N5O2.C10H19NO.C4H10.C4H6.C2H6/c1-6-8-9-21(3)19-36-29-22(4)10-12-26-28(29)30(32-20-31-26)34-24-11-13-27(23(5)18-24)37-25-14-16-35(17-15-25)33-7-2;1-5-9(2)10(12)7-6-8-11(3)4;2*1-3-4-2;1-2/h7,10-16,18,20-21H,6,8-9,17,19H2,1-5H3,(H,31,32,34);6-7,9H,5,8H2,1-4H3;3-4H2,1-2H3;1H,4H2,2H3;1-2H3/b33-7-;7-6+;;;. The molecule has 9 nitrogen and oxygen atoms in total. The zero-order chi connectivity index (χ0) is 44.6. The minimum Gasteiger partial charge on any atom is -0.492 e. The minimum absolute atomic E-state index is 0.170. The molecular formula is C50H78N6O3. The number of benzene rings is 2. The molecule has 4 rings (SSSR count). The van der Waals surface area contributed by atoms with Crippen molar-refractivity contribution in [1.82, 2.24) is 19.9 Å². The van der Waals surface area contributed by atoms with Crippen LogP contribution >= 0.6 is 0 Å². The summed E-state index contributed by atoms with van der Waals surface area (Å²) in [5.41, 5.74) is 3.87. The van der Waals surface area contributed by atoms with E-state index in [0.717, 1.165) is 76.6 Å². The van der Waals surface area contributed by atoms with E-state index in [-0.39, 0.29) is 11.7 Å². The Morgan fingerprint density at radius 3 is 2.27 bits per heavy atom. The normalized spacial score (nSPS) is 12.7. The highest BCUT2D eigenvalue weighted by molar-refractivity contribution is 5.96. The number of unbranched alkanes of at least 4 members (excludes halogenated alkanes) is 2. The van der Waals surface area contributed by atoms with E-state index in [1.807, 2.05) is 115 Å². The summed E-state index contributed by atoms with van der Waals surface area (Å²) in [7, 11) is 3.97. The van der Waals surface area contributed by atoms with Gasteiger partial charge in [0.15, 0.2) is 5.78 Å². The zero-order valence-corrected chi connectivity index (χ0v) is 39.2. The highest BCUT2D eigenvalue weighted by Crippen LogP contribution is 2.35. The Bertz CT molecular complexity index is 1770. The summed E-state index contributed by atoms with van der Waals surface area (Å²) in [5.74, 6) is 6.51. The molecule has 0 spiro atoms. The first-order chi connectivity index (χ1) is 28.4. The maximum absolute atomic E-state index is 11.3. The van der Waals surface area contributed by atoms with Gasteiger partial charge < -0.3 is 19.7 Å². The molecule has 0 saturated heterocycles. The number of hydrogen-bond acceptors (Lipinski definition) is 9. The highest BCUT2D eigenvalue weighted by Gasteiger charge is 2.16. The van der Waals surface area contributed by atoms with Crippen molar-refractivity contribution in [2.75, 3.05) is 39.1 Å². The van der Waals surface area contributed by atoms with Gasteiger partial charge in [-0.25, -0.2) is 9.97 Å². The first kappa shape index (κ1) is 54.1. The molecule has 326 valence electrons. The Balaban J connectivity index is 0.00000126. The van der Waals surface area contributed by atoms with E-state index in [2.05, 4.69) is 73.1 Å². The third-order valence-electron chi connectivity index (χ3n) is 8.89. The van der Waals surface area contributed by atoms with Crippen molar-refractivity contribution in [3.8, 4) is 23.8 Å². The Hall–Kier alpha value is -4.94. The lowest BCUT2D eigenvalue weighted by atomic mass is 10.0. The van der Waals surface area contributed by atoms with E-state index in [1.165, 1.54) is 25.7 Å². The zero-order valence-electron chi connectivity index (χ0n) is 39.2. The number of carbonyl (C=O) groups excluding carboxylic acids is 1. The number of fused-ring (bicyclic) bond motifs is 1. The minimum atomic E-state index is 0.170. The van der Waals surface area contributed by atoms with Crippen molar-refractivity contribution in [2.24, 2.45) is 16.9 Å². The van der Waals surface area contributed by atoms with Crippen molar-refractivity contribution in [2.45, 2.75) is 128 Å². The van der Waals surface area contributed by atoms with Gasteiger partial charge in [-0.1, -0.05) is 100 Å². The van der Waals surface area contributed by atoms with Gasteiger partial charge in [0.2, 0.25) is 0 Å². The van der Waals surface area contributed by atoms with Crippen LogP contribution in [0.2, 0.25) is 0 Å². The van der Waals surface area contributed by atoms with Gasteiger partial charge in [0.25, 0.3) is 0 Å². The monoisotopic (exact) mass is 811 g/mol. The number of carbonyl (C=O) groups is 1. The van der Waals surface area contributed by atoms with E-state index >= 15 is 0 Å². The number of terminal acetylenes is 1. The lowest BCUT2D eigenvalue weighted by molar-refractivity contribution is -0.117. The van der Waals surface area contributed by atoms with Crippen LogP contribution in [-0.2, 0) is 4.79 Å². The number of aromatic nitrogens is 2. The van der Waals surface area contributed by atoms with Crippen molar-refractivity contribution in [3.05, 3.63) is 84.0 Å². The van der Waals surface area contributed by atoms with E-state index in [4.69, 9.17) is 15.9 Å². The van der Waals surface area contributed by atoms with Gasteiger partial charge >= 0.3 is 0 Å². The molecule has 0 bridgehead atoms. The van der Waals surface area contributed by atoms with Crippen molar-refractivity contribution in [1.29, 1.82) is 0 Å². The number of hydrogen-bond donors (Lipinski definition) is 1. The predicted octanol–water partition coefficient (Wildman–Crippen LogP) is 12.9. The molecule has 0 aliphatic carbocycles. The highest BCUT2D eigenvalue weighted by atomic mass is 16.5. The molecule has 2 atom stereocenters. The van der Waals surface area contributed by atoms with Crippen molar-refractivity contribution in [3.63, 3.8) is 0 Å². The molecular weight excluding hydrogens is 733 g/mol. The average molecular weight is 811 g/mol. The molecule has 0 amide bonds. The predicted molar refractivity (Wildman–Crippen MR) is 255 cm³/mol. The van der Waals surface area contributed by atoms with Gasteiger partial charge in [-0.15, -0.1) is 12.3 Å². The summed E-state index contributed by atoms with van der Waals surface area (Å²) >= 11 is 0. The Morgan fingerprint density at radius 1 is 1.03 bits per heavy atom. The lowest BCUT2D eigenvalue weighted by Gasteiger charge is -2.19. The number of likely N-dealkylation sites (N-methyl/N-ethyl adjacent to an activating group) is 1. The van der Waals surface area contributed by atoms with E-state index in [9.17, 15) is 4.79 Å². The maximum atomic E-state index is 11.3. The van der Waals surface area contributed by atoms with E-state index < -0.39 is 0 Å². The largest absolute Gasteiger partial charge is 0.492 e. The van der Waals surface area contributed by atoms with Crippen LogP contribution in [0.25, 0.3) is 10.9 Å². The summed E-state index contributed by atoms with van der Waals surface area (Å²) in [4.78, 5) is 22.4. The van der Waals surface area contributed by atoms with Crippen LogP contribution in [0.3, 0.4) is 0 Å². The van der Waals surface area contributed by atoms with E-state index in [0.29, 0.717) is 19.1 Å². The van der Waals surface area contributed by atoms with Crippen molar-refractivity contribution < 1.29 is 14.3 Å². The summed E-state index contributed by atoms with van der Waals surface area (Å²) in [6, 6.07) is 10.1. The number of ether oxygens (including phenoxy) is 2. The Labute approximate surface area is 359 Å². The fraction of sp³-hybridized carbons (Fsp3) is 0.520. The molecule has 59 heavy (non-hydrogen) atoms. The molecule has 1 aromatic heterocycles. The molecule has 0 radical (unpaired) electrons. The van der Waals surface area contributed by atoms with Crippen LogP contribution in [0.1, 0.15) is 125 Å². The van der Waals surface area contributed by atoms with Crippen LogP contribution in [0.5, 0.6) is 11.5 Å². The molecule has 0 saturated carbocycles. The third-order valence-corrected chi connectivity index (χ3v) is 8.89. The Kier molecular flexibility index (Phi) is 30.2. The molecule has 2 unspecified atom stereocenters. The van der Waals surface area contributed by atoms with Gasteiger partial charge in [0.1, 0.15) is 29.4 Å². The van der Waals surface area contributed by atoms with Crippen LogP contribution in [0, 0.1) is 38.0 Å². The number of anilines is 2. The SMILES string of the molecule is C#CCC.C/C=N\N1C=CC(Oc2ccc(Nc3ncnc4ccc(C)c(OCC(C)CCCC)c34)cc2C)=CC1.CC.CCC(C)C(=O)/C=C/CN(C)C.CCCC. The third kappa shape index (κ3) is 22.1. The van der Waals surface area contributed by atoms with Gasteiger partial charge in [0.05, 0.1) is 24.1 Å². The second kappa shape index (κ2) is 33.0. The molecule has 2 heterocycles. The molecule has 1 aliphatic rings. The van der Waals surface area contributed by atoms with Crippen molar-refractivity contribution >= 4 is 34.4 Å². The summed E-state index contributed by atoms with van der Waals surface area (Å²) in [6.45, 7) is 27.0. The second-order valence-electron chi connectivity index (χ2n) is 14.4. The smallest absolute Gasteiger partial charge is 0.158 e. The number of allylic oxidation sites excluding steroid dienone is 2. The molecule has 2 aromatic carbocycles. The van der Waals surface area contributed by atoms with E-state index in [1.54, 1.807) is 18.6 Å². The van der Waals surface area contributed by atoms with Crippen LogP contribution in [-0.4, -0.2) is 65.7 Å². The van der Waals surface area contributed by atoms with Gasteiger partial charge in [-0.3, -0.25) is 9.80 Å². The van der Waals surface area contributed by atoms with Gasteiger partial charge in [0, 0.05) is 37.0 Å². The van der Waals surface area contributed by atoms with Crippen LogP contribution < -0.4 is 14.8 Å². The topological polar surface area (TPSA) is 92.2 Å². The molecule has 1 N–H and O–H groups in total. The number of ketones is 1. The number of rotatable bonds is 17. The lowest BCUT2D eigenvalue weighted by Crippen LogP contribution is -2.14. The number of nitrogens with zero attached hydrogens (tertiary/aromatic N) is 5. The number of aryl methyl sites for hydroxylation is 2. The molecule has 3 aromatic rings. The summed E-state index contributed by atoms with van der Waals surface area (Å²) < 4.78 is 12.5. The molecule has 1 aliphatic heterocycles. The van der Waals surface area contributed by atoms with Gasteiger partial charge in [-0.2, -0.15) is 5.10 Å². The summed E-state index contributed by atoms with van der Waals surface area (Å²) in [5, 5.41) is 10.5. The average Bonchev–Trinajstić information content (AvgIpc) is 3.25. The second-order valence-corrected chi connectivity index (χ2v) is 14.4. The van der Waals surface area contributed by atoms with Crippen LogP contribution in [0.4, 0.5) is 11.5 Å². The summed E-state index contributed by atoms with van der Waals surface area (Å²) in [6.07, 6.45) is 25.6. The fourth-order valence-electron chi connectivity index (χ4n) is 5.00. The first-order valence-corrected chi connectivity index (χ1v) is 21.7. The quantitative estimate of drug-likeness (QED) is 0.0819. The van der Waals surface area contributed by atoms with Gasteiger partial charge in [-0.05, 0) is 107 Å². The molecule has 9 heteroatoms. The fourth-order valence-corrected chi connectivity index (χ4v) is 5.00. The maximum Gasteiger partial charge on any atom is 0.158 e. The first-order valence-electron chi connectivity index (χ1n) is 21.7. The van der Waals surface area contributed by atoms with Crippen LogP contribution in [0.15, 0.2) is 78.0 Å². The molecule has 0 fully saturated rings. The Morgan fingerprint density at radius 2 is 1.73 bits per heavy atom. The number of hydrazone groups is 1. The number of nitrogens with one attached hydrogen (secondary N) is 1.